The van der Waals surface area contributed by atoms with E-state index in [9.17, 15) is 4.79 Å². The lowest BCUT2D eigenvalue weighted by Crippen LogP contribution is -2.48. The number of likely N-dealkylation sites (N-methyl/N-ethyl adjacent to an activating group) is 1. The molecule has 24 heavy (non-hydrogen) atoms. The van der Waals surface area contributed by atoms with E-state index in [1.165, 1.54) is 0 Å². The third kappa shape index (κ3) is 3.68. The van der Waals surface area contributed by atoms with E-state index in [-0.39, 0.29) is 11.9 Å². The fraction of sp³-hybridized carbons (Fsp3) is 0.381. The van der Waals surface area contributed by atoms with Crippen LogP contribution in [-0.4, -0.2) is 37.5 Å². The van der Waals surface area contributed by atoms with Crippen LogP contribution in [0.3, 0.4) is 0 Å². The van der Waals surface area contributed by atoms with Gasteiger partial charge in [0.2, 0.25) is 5.91 Å². The van der Waals surface area contributed by atoms with E-state index < -0.39 is 5.41 Å². The number of carbonyl (C=O) groups is 1. The largest absolute Gasteiger partial charge is 0.355 e. The summed E-state index contributed by atoms with van der Waals surface area (Å²) >= 11 is 0. The van der Waals surface area contributed by atoms with Gasteiger partial charge in [0, 0.05) is 12.6 Å². The summed E-state index contributed by atoms with van der Waals surface area (Å²) < 4.78 is 0. The lowest BCUT2D eigenvalue weighted by Gasteiger charge is -2.37. The van der Waals surface area contributed by atoms with Crippen molar-refractivity contribution < 1.29 is 4.79 Å². The van der Waals surface area contributed by atoms with E-state index in [1.54, 1.807) is 0 Å². The molecule has 0 fully saturated rings. The van der Waals surface area contributed by atoms with Crippen molar-refractivity contribution in [3.8, 4) is 0 Å². The van der Waals surface area contributed by atoms with Crippen molar-refractivity contribution in [2.75, 3.05) is 20.6 Å². The van der Waals surface area contributed by atoms with Gasteiger partial charge in [-0.25, -0.2) is 0 Å². The van der Waals surface area contributed by atoms with E-state index >= 15 is 0 Å². The molecule has 1 unspecified atom stereocenters. The molecule has 0 bridgehead atoms. The summed E-state index contributed by atoms with van der Waals surface area (Å²) in [6, 6.07) is 20.5. The highest BCUT2D eigenvalue weighted by Gasteiger charge is 2.43. The zero-order valence-electron chi connectivity index (χ0n) is 15.1. The van der Waals surface area contributed by atoms with Crippen LogP contribution in [0.5, 0.6) is 0 Å². The van der Waals surface area contributed by atoms with Crippen molar-refractivity contribution in [1.82, 2.24) is 10.2 Å². The van der Waals surface area contributed by atoms with Gasteiger partial charge in [0.05, 0.1) is 0 Å². The van der Waals surface area contributed by atoms with Crippen LogP contribution in [0.2, 0.25) is 0 Å². The number of rotatable bonds is 7. The first-order valence-electron chi connectivity index (χ1n) is 8.58. The average molecular weight is 324 g/mol. The van der Waals surface area contributed by atoms with Crippen LogP contribution in [0.4, 0.5) is 0 Å². The monoisotopic (exact) mass is 324 g/mol. The minimum atomic E-state index is -0.692. The molecule has 2 rings (SSSR count). The van der Waals surface area contributed by atoms with Gasteiger partial charge in [-0.3, -0.25) is 4.79 Å². The standard InChI is InChI=1S/C21H28N2O/c1-5-22-20(24)21(16-17(2)23(3)4,18-12-8-6-9-13-18)19-14-10-7-11-15-19/h6-15,17H,5,16H2,1-4H3,(H,22,24). The molecule has 0 aliphatic rings. The molecule has 2 aromatic rings. The topological polar surface area (TPSA) is 32.3 Å². The molecule has 0 radical (unpaired) electrons. The highest BCUT2D eigenvalue weighted by molar-refractivity contribution is 5.92. The molecule has 0 saturated heterocycles. The Bertz CT molecular complexity index is 598. The van der Waals surface area contributed by atoms with Crippen molar-refractivity contribution >= 4 is 5.91 Å². The molecule has 0 aromatic heterocycles. The molecule has 0 heterocycles. The van der Waals surface area contributed by atoms with Crippen LogP contribution in [0.15, 0.2) is 60.7 Å². The summed E-state index contributed by atoms with van der Waals surface area (Å²) in [5.41, 5.74) is 1.38. The predicted molar refractivity (Wildman–Crippen MR) is 100 cm³/mol. The molecule has 1 atom stereocenters. The summed E-state index contributed by atoms with van der Waals surface area (Å²) in [4.78, 5) is 15.5. The van der Waals surface area contributed by atoms with Gasteiger partial charge in [0.25, 0.3) is 0 Å². The van der Waals surface area contributed by atoms with Crippen LogP contribution in [0.1, 0.15) is 31.4 Å². The average Bonchev–Trinajstić information content (AvgIpc) is 2.61. The maximum absolute atomic E-state index is 13.3. The number of carbonyl (C=O) groups excluding carboxylic acids is 1. The lowest BCUT2D eigenvalue weighted by molar-refractivity contribution is -0.125. The minimum Gasteiger partial charge on any atom is -0.355 e. The van der Waals surface area contributed by atoms with Crippen LogP contribution in [-0.2, 0) is 10.2 Å². The van der Waals surface area contributed by atoms with E-state index in [0.717, 1.165) is 17.5 Å². The van der Waals surface area contributed by atoms with Gasteiger partial charge >= 0.3 is 0 Å². The van der Waals surface area contributed by atoms with Gasteiger partial charge in [-0.05, 0) is 45.5 Å². The molecular weight excluding hydrogens is 296 g/mol. The second-order valence-corrected chi connectivity index (χ2v) is 6.51. The van der Waals surface area contributed by atoms with E-state index in [1.807, 2.05) is 43.3 Å². The molecule has 0 spiro atoms. The van der Waals surface area contributed by atoms with Gasteiger partial charge in [0.1, 0.15) is 5.41 Å². The SMILES string of the molecule is CCNC(=O)C(CC(C)N(C)C)(c1ccccc1)c1ccccc1. The second kappa shape index (κ2) is 8.11. The molecule has 128 valence electrons. The smallest absolute Gasteiger partial charge is 0.235 e. The number of hydrogen-bond acceptors (Lipinski definition) is 2. The predicted octanol–water partition coefficient (Wildman–Crippen LogP) is 3.45. The Balaban J connectivity index is 2.65. The Morgan fingerprint density at radius 1 is 1.00 bits per heavy atom. The maximum Gasteiger partial charge on any atom is 0.235 e. The Labute approximate surface area is 145 Å². The van der Waals surface area contributed by atoms with Gasteiger partial charge in [-0.1, -0.05) is 60.7 Å². The quantitative estimate of drug-likeness (QED) is 0.846. The zero-order chi connectivity index (χ0) is 17.6. The van der Waals surface area contributed by atoms with E-state index in [2.05, 4.69) is 55.5 Å². The van der Waals surface area contributed by atoms with Crippen molar-refractivity contribution in [1.29, 1.82) is 0 Å². The molecular formula is C21H28N2O. The minimum absolute atomic E-state index is 0.0658. The highest BCUT2D eigenvalue weighted by atomic mass is 16.2. The first kappa shape index (κ1) is 18.2. The summed E-state index contributed by atoms with van der Waals surface area (Å²) in [5.74, 6) is 0.0658. The van der Waals surface area contributed by atoms with Gasteiger partial charge in [-0.2, -0.15) is 0 Å². The van der Waals surface area contributed by atoms with Crippen LogP contribution < -0.4 is 5.32 Å². The molecule has 0 aliphatic heterocycles. The van der Waals surface area contributed by atoms with Crippen molar-refractivity contribution in [2.24, 2.45) is 0 Å². The van der Waals surface area contributed by atoms with Gasteiger partial charge in [-0.15, -0.1) is 0 Å². The molecule has 0 saturated carbocycles. The summed E-state index contributed by atoms with van der Waals surface area (Å²) in [6.07, 6.45) is 0.722. The first-order chi connectivity index (χ1) is 11.5. The maximum atomic E-state index is 13.3. The number of hydrogen-bond donors (Lipinski definition) is 1. The highest BCUT2D eigenvalue weighted by Crippen LogP contribution is 2.38. The number of amides is 1. The van der Waals surface area contributed by atoms with Gasteiger partial charge < -0.3 is 10.2 Å². The Kier molecular flexibility index (Phi) is 6.16. The summed E-state index contributed by atoms with van der Waals surface area (Å²) in [5, 5.41) is 3.07. The zero-order valence-corrected chi connectivity index (χ0v) is 15.1. The summed E-state index contributed by atoms with van der Waals surface area (Å²) in [6.45, 7) is 4.75. The third-order valence-corrected chi connectivity index (χ3v) is 4.74. The van der Waals surface area contributed by atoms with Crippen LogP contribution in [0, 0.1) is 0 Å². The molecule has 1 amide bonds. The van der Waals surface area contributed by atoms with Crippen molar-refractivity contribution in [3.63, 3.8) is 0 Å². The fourth-order valence-electron chi connectivity index (χ4n) is 3.14. The number of benzene rings is 2. The van der Waals surface area contributed by atoms with E-state index in [4.69, 9.17) is 0 Å². The molecule has 3 nitrogen and oxygen atoms in total. The van der Waals surface area contributed by atoms with Crippen molar-refractivity contribution in [3.05, 3.63) is 71.8 Å². The molecule has 0 aliphatic carbocycles. The molecule has 3 heteroatoms. The van der Waals surface area contributed by atoms with E-state index in [0.29, 0.717) is 6.54 Å². The van der Waals surface area contributed by atoms with Crippen molar-refractivity contribution in [2.45, 2.75) is 31.7 Å². The fourth-order valence-corrected chi connectivity index (χ4v) is 3.14. The Hall–Kier alpha value is -2.13. The Morgan fingerprint density at radius 3 is 1.83 bits per heavy atom. The number of nitrogens with one attached hydrogen (secondary N) is 1. The molecule has 2 aromatic carbocycles. The first-order valence-corrected chi connectivity index (χ1v) is 8.58. The molecule has 1 N–H and O–H groups in total. The summed E-state index contributed by atoms with van der Waals surface area (Å²) in [7, 11) is 4.12. The van der Waals surface area contributed by atoms with Crippen LogP contribution >= 0.6 is 0 Å². The number of nitrogens with zero attached hydrogens (tertiary/aromatic N) is 1. The lowest BCUT2D eigenvalue weighted by atomic mass is 9.69. The Morgan fingerprint density at radius 2 is 1.46 bits per heavy atom. The third-order valence-electron chi connectivity index (χ3n) is 4.74. The van der Waals surface area contributed by atoms with Crippen LogP contribution in [0.25, 0.3) is 0 Å². The normalized spacial score (nSPS) is 12.9. The second-order valence-electron chi connectivity index (χ2n) is 6.51. The van der Waals surface area contributed by atoms with Gasteiger partial charge in [0.15, 0.2) is 0 Å².